The molecular formula is C19H22N4O3S. The molecule has 0 aliphatic carbocycles. The van der Waals surface area contributed by atoms with Gasteiger partial charge in [-0.05, 0) is 35.7 Å². The quantitative estimate of drug-likeness (QED) is 0.642. The molecule has 0 fully saturated rings. The molecule has 3 aromatic rings. The maximum atomic E-state index is 12.6. The molecule has 142 valence electrons. The molecule has 2 aromatic carbocycles. The molecule has 0 radical (unpaired) electrons. The largest absolute Gasteiger partial charge is 0.492 e. The van der Waals surface area contributed by atoms with Gasteiger partial charge >= 0.3 is 0 Å². The van der Waals surface area contributed by atoms with Gasteiger partial charge in [-0.3, -0.25) is 4.72 Å². The Hall–Kier alpha value is -2.87. The number of sulfonamides is 1. The maximum absolute atomic E-state index is 12.6. The van der Waals surface area contributed by atoms with Gasteiger partial charge in [-0.1, -0.05) is 32.0 Å². The molecule has 0 spiro atoms. The van der Waals surface area contributed by atoms with E-state index in [9.17, 15) is 8.42 Å². The highest BCUT2D eigenvalue weighted by molar-refractivity contribution is 7.92. The molecule has 0 unspecified atom stereocenters. The van der Waals surface area contributed by atoms with Crippen molar-refractivity contribution in [2.24, 2.45) is 0 Å². The first-order valence-electron chi connectivity index (χ1n) is 8.62. The predicted molar refractivity (Wildman–Crippen MR) is 103 cm³/mol. The molecule has 1 heterocycles. The SMILES string of the molecule is CC(C)c1ccc(S(=O)(=O)Nc2cccc(OCCn3cncn3)c2)cc1. The molecule has 7 nitrogen and oxygen atoms in total. The van der Waals surface area contributed by atoms with Crippen molar-refractivity contribution >= 4 is 15.7 Å². The molecule has 0 saturated carbocycles. The van der Waals surface area contributed by atoms with Gasteiger partial charge in [-0.15, -0.1) is 0 Å². The van der Waals surface area contributed by atoms with Crippen molar-refractivity contribution in [2.45, 2.75) is 31.2 Å². The number of benzene rings is 2. The number of hydrogen-bond donors (Lipinski definition) is 1. The fourth-order valence-electron chi connectivity index (χ4n) is 2.50. The Morgan fingerprint density at radius 3 is 2.59 bits per heavy atom. The van der Waals surface area contributed by atoms with Gasteiger partial charge in [-0.25, -0.2) is 18.1 Å². The lowest BCUT2D eigenvalue weighted by Gasteiger charge is -2.11. The third kappa shape index (κ3) is 5.07. The van der Waals surface area contributed by atoms with E-state index in [1.807, 2.05) is 12.1 Å². The molecule has 0 aliphatic heterocycles. The molecule has 0 amide bonds. The highest BCUT2D eigenvalue weighted by Crippen LogP contribution is 2.22. The first kappa shape index (κ1) is 18.9. The molecule has 0 bridgehead atoms. The topological polar surface area (TPSA) is 86.1 Å². The van der Waals surface area contributed by atoms with Crippen molar-refractivity contribution in [1.82, 2.24) is 14.8 Å². The lowest BCUT2D eigenvalue weighted by molar-refractivity contribution is 0.291. The maximum Gasteiger partial charge on any atom is 0.261 e. The Kier molecular flexibility index (Phi) is 5.75. The first-order valence-corrected chi connectivity index (χ1v) is 10.1. The number of hydrogen-bond acceptors (Lipinski definition) is 5. The zero-order valence-electron chi connectivity index (χ0n) is 15.2. The molecule has 1 aromatic heterocycles. The lowest BCUT2D eigenvalue weighted by atomic mass is 10.0. The van der Waals surface area contributed by atoms with E-state index in [4.69, 9.17) is 4.74 Å². The van der Waals surface area contributed by atoms with Crippen LogP contribution in [0.4, 0.5) is 5.69 Å². The summed E-state index contributed by atoms with van der Waals surface area (Å²) in [5.41, 5.74) is 1.54. The molecule has 27 heavy (non-hydrogen) atoms. The summed E-state index contributed by atoms with van der Waals surface area (Å²) >= 11 is 0. The molecule has 0 aliphatic rings. The number of nitrogens with zero attached hydrogens (tertiary/aromatic N) is 3. The van der Waals surface area contributed by atoms with E-state index in [1.54, 1.807) is 47.4 Å². The highest BCUT2D eigenvalue weighted by Gasteiger charge is 2.14. The number of aromatic nitrogens is 3. The fraction of sp³-hybridized carbons (Fsp3) is 0.263. The fourth-order valence-corrected chi connectivity index (χ4v) is 3.55. The normalized spacial score (nSPS) is 11.5. The van der Waals surface area contributed by atoms with Gasteiger partial charge in [0.05, 0.1) is 17.1 Å². The van der Waals surface area contributed by atoms with Crippen LogP contribution >= 0.6 is 0 Å². The van der Waals surface area contributed by atoms with Crippen molar-refractivity contribution in [1.29, 1.82) is 0 Å². The number of nitrogens with one attached hydrogen (secondary N) is 1. The number of rotatable bonds is 8. The van der Waals surface area contributed by atoms with Crippen LogP contribution in [-0.2, 0) is 16.6 Å². The van der Waals surface area contributed by atoms with Crippen LogP contribution in [0.3, 0.4) is 0 Å². The number of anilines is 1. The summed E-state index contributed by atoms with van der Waals surface area (Å²) in [7, 11) is -3.66. The van der Waals surface area contributed by atoms with Crippen molar-refractivity contribution in [3.63, 3.8) is 0 Å². The van der Waals surface area contributed by atoms with E-state index >= 15 is 0 Å². The van der Waals surface area contributed by atoms with Crippen LogP contribution in [0.25, 0.3) is 0 Å². The summed E-state index contributed by atoms with van der Waals surface area (Å²) in [6.45, 7) is 5.08. The standard InChI is InChI=1S/C19H22N4O3S/c1-15(2)16-6-8-19(9-7-16)27(24,25)22-17-4-3-5-18(12-17)26-11-10-23-14-20-13-21-23/h3-9,12-15,22H,10-11H2,1-2H3. The van der Waals surface area contributed by atoms with Gasteiger partial charge < -0.3 is 4.74 Å². The summed E-state index contributed by atoms with van der Waals surface area (Å²) in [6, 6.07) is 13.8. The predicted octanol–water partition coefficient (Wildman–Crippen LogP) is 3.28. The summed E-state index contributed by atoms with van der Waals surface area (Å²) in [4.78, 5) is 4.09. The minimum Gasteiger partial charge on any atom is -0.492 e. The third-order valence-corrected chi connectivity index (χ3v) is 5.40. The molecule has 8 heteroatoms. The van der Waals surface area contributed by atoms with Crippen molar-refractivity contribution < 1.29 is 13.2 Å². The summed E-state index contributed by atoms with van der Waals surface area (Å²) in [5, 5.41) is 4.00. The smallest absolute Gasteiger partial charge is 0.261 e. The average molecular weight is 386 g/mol. The molecular weight excluding hydrogens is 364 g/mol. The van der Waals surface area contributed by atoms with E-state index in [0.717, 1.165) is 5.56 Å². The zero-order chi connectivity index (χ0) is 19.3. The summed E-state index contributed by atoms with van der Waals surface area (Å²) in [5.74, 6) is 0.923. The van der Waals surface area contributed by atoms with Crippen LogP contribution in [0.1, 0.15) is 25.3 Å². The van der Waals surface area contributed by atoms with Gasteiger partial charge in [0, 0.05) is 6.07 Å². The van der Waals surface area contributed by atoms with Crippen LogP contribution in [0.2, 0.25) is 0 Å². The number of ether oxygens (including phenoxy) is 1. The second-order valence-corrected chi connectivity index (χ2v) is 8.05. The zero-order valence-corrected chi connectivity index (χ0v) is 16.1. The summed E-state index contributed by atoms with van der Waals surface area (Å²) < 4.78 is 35.1. The second kappa shape index (κ2) is 8.22. The third-order valence-electron chi connectivity index (χ3n) is 4.00. The molecule has 3 rings (SSSR count). The Balaban J connectivity index is 1.65. The monoisotopic (exact) mass is 386 g/mol. The molecule has 1 N–H and O–H groups in total. The van der Waals surface area contributed by atoms with E-state index in [2.05, 4.69) is 28.7 Å². The minimum atomic E-state index is -3.66. The van der Waals surface area contributed by atoms with Crippen molar-refractivity contribution in [3.8, 4) is 5.75 Å². The second-order valence-electron chi connectivity index (χ2n) is 6.36. The summed E-state index contributed by atoms with van der Waals surface area (Å²) in [6.07, 6.45) is 3.07. The Morgan fingerprint density at radius 1 is 1.15 bits per heavy atom. The van der Waals surface area contributed by atoms with Crippen LogP contribution in [0.5, 0.6) is 5.75 Å². The van der Waals surface area contributed by atoms with Crippen LogP contribution in [0, 0.1) is 0 Å². The van der Waals surface area contributed by atoms with Crippen LogP contribution < -0.4 is 9.46 Å². The van der Waals surface area contributed by atoms with Gasteiger partial charge in [0.25, 0.3) is 10.0 Å². The lowest BCUT2D eigenvalue weighted by Crippen LogP contribution is -2.13. The Labute approximate surface area is 159 Å². The molecule has 0 atom stereocenters. The van der Waals surface area contributed by atoms with Gasteiger partial charge in [0.1, 0.15) is 25.0 Å². The van der Waals surface area contributed by atoms with Crippen LogP contribution in [-0.4, -0.2) is 29.8 Å². The highest BCUT2D eigenvalue weighted by atomic mass is 32.2. The van der Waals surface area contributed by atoms with Crippen LogP contribution in [0.15, 0.2) is 66.1 Å². The van der Waals surface area contributed by atoms with E-state index in [0.29, 0.717) is 30.5 Å². The first-order chi connectivity index (χ1) is 12.9. The minimum absolute atomic E-state index is 0.226. The van der Waals surface area contributed by atoms with Gasteiger partial charge in [-0.2, -0.15) is 5.10 Å². The van der Waals surface area contributed by atoms with Gasteiger partial charge in [0.2, 0.25) is 0 Å². The molecule has 0 saturated heterocycles. The average Bonchev–Trinajstić information content (AvgIpc) is 3.15. The Bertz CT molecular complexity index is 968. The van der Waals surface area contributed by atoms with E-state index < -0.39 is 10.0 Å². The van der Waals surface area contributed by atoms with E-state index in [1.165, 1.54) is 6.33 Å². The van der Waals surface area contributed by atoms with Crippen molar-refractivity contribution in [3.05, 3.63) is 66.7 Å². The Morgan fingerprint density at radius 2 is 1.93 bits per heavy atom. The van der Waals surface area contributed by atoms with E-state index in [-0.39, 0.29) is 4.90 Å². The van der Waals surface area contributed by atoms with Gasteiger partial charge in [0.15, 0.2) is 0 Å². The van der Waals surface area contributed by atoms with Crippen molar-refractivity contribution in [2.75, 3.05) is 11.3 Å².